The van der Waals surface area contributed by atoms with Crippen LogP contribution in [0.15, 0.2) is 0 Å². The van der Waals surface area contributed by atoms with Gasteiger partial charge in [0.05, 0.1) is 0 Å². The molecule has 0 saturated carbocycles. The number of nitrogens with zero attached hydrogens (tertiary/aromatic N) is 2. The predicted molar refractivity (Wildman–Crippen MR) is 70.7 cm³/mol. The van der Waals surface area contributed by atoms with Crippen molar-refractivity contribution in [1.29, 1.82) is 0 Å². The molecule has 1 saturated heterocycles. The summed E-state index contributed by atoms with van der Waals surface area (Å²) in [5, 5.41) is 0. The maximum Gasteiger partial charge on any atom is 0.0113 e. The third kappa shape index (κ3) is 4.40. The van der Waals surface area contributed by atoms with Crippen LogP contribution in [0.25, 0.3) is 0 Å². The highest BCUT2D eigenvalue weighted by Crippen LogP contribution is 2.10. The van der Waals surface area contributed by atoms with E-state index >= 15 is 0 Å². The molecule has 0 aromatic carbocycles. The first kappa shape index (κ1) is 13.9. The molecule has 1 aliphatic rings. The number of nitrogens with two attached hydrogens (primary N) is 1. The van der Waals surface area contributed by atoms with Gasteiger partial charge in [-0.3, -0.25) is 4.90 Å². The molecule has 2 N–H and O–H groups in total. The van der Waals surface area contributed by atoms with Crippen molar-refractivity contribution in [2.24, 2.45) is 5.73 Å². The maximum absolute atomic E-state index is 5.71. The van der Waals surface area contributed by atoms with Crippen LogP contribution in [0.5, 0.6) is 0 Å². The van der Waals surface area contributed by atoms with Gasteiger partial charge in [0.1, 0.15) is 0 Å². The Morgan fingerprint density at radius 1 is 1.12 bits per heavy atom. The monoisotopic (exact) mass is 227 g/mol. The van der Waals surface area contributed by atoms with Crippen LogP contribution in [0, 0.1) is 0 Å². The number of hydrogen-bond donors (Lipinski definition) is 1. The van der Waals surface area contributed by atoms with E-state index in [1.54, 1.807) is 0 Å². The van der Waals surface area contributed by atoms with Crippen molar-refractivity contribution in [1.82, 2.24) is 9.80 Å². The first-order valence-corrected chi connectivity index (χ1v) is 6.98. The number of likely N-dealkylation sites (tertiary alicyclic amines) is 1. The standard InChI is InChI=1S/C13H29N3/c1-3-13(4-2)16(10-7-14)12-11-15-8-5-6-9-15/h13H,3-12,14H2,1-2H3. The predicted octanol–water partition coefficient (Wildman–Crippen LogP) is 1.53. The molecule has 0 amide bonds. The molecular weight excluding hydrogens is 198 g/mol. The highest BCUT2D eigenvalue weighted by atomic mass is 15.2. The summed E-state index contributed by atoms with van der Waals surface area (Å²) in [6, 6.07) is 0.728. The van der Waals surface area contributed by atoms with E-state index < -0.39 is 0 Å². The van der Waals surface area contributed by atoms with Crippen molar-refractivity contribution in [3.05, 3.63) is 0 Å². The molecule has 0 unspecified atom stereocenters. The average molecular weight is 227 g/mol. The van der Waals surface area contributed by atoms with Crippen molar-refractivity contribution >= 4 is 0 Å². The van der Waals surface area contributed by atoms with Crippen LogP contribution in [0.4, 0.5) is 0 Å². The highest BCUT2D eigenvalue weighted by Gasteiger charge is 2.17. The van der Waals surface area contributed by atoms with Gasteiger partial charge < -0.3 is 10.6 Å². The van der Waals surface area contributed by atoms with Gasteiger partial charge in [-0.25, -0.2) is 0 Å². The second-order valence-corrected chi connectivity index (χ2v) is 4.84. The summed E-state index contributed by atoms with van der Waals surface area (Å²) >= 11 is 0. The molecule has 1 heterocycles. The van der Waals surface area contributed by atoms with Crippen molar-refractivity contribution in [3.8, 4) is 0 Å². The molecule has 0 aromatic rings. The summed E-state index contributed by atoms with van der Waals surface area (Å²) in [7, 11) is 0. The Balaban J connectivity index is 2.30. The normalized spacial score (nSPS) is 17.8. The van der Waals surface area contributed by atoms with Gasteiger partial charge in [0, 0.05) is 32.2 Å². The van der Waals surface area contributed by atoms with Crippen molar-refractivity contribution < 1.29 is 0 Å². The molecule has 0 atom stereocenters. The van der Waals surface area contributed by atoms with E-state index in [2.05, 4.69) is 23.6 Å². The molecule has 0 aliphatic carbocycles. The lowest BCUT2D eigenvalue weighted by molar-refractivity contribution is 0.166. The van der Waals surface area contributed by atoms with E-state index in [4.69, 9.17) is 5.73 Å². The second kappa shape index (κ2) is 8.04. The van der Waals surface area contributed by atoms with E-state index in [9.17, 15) is 0 Å². The van der Waals surface area contributed by atoms with Crippen LogP contribution in [0.3, 0.4) is 0 Å². The van der Waals surface area contributed by atoms with Crippen LogP contribution in [-0.2, 0) is 0 Å². The minimum atomic E-state index is 0.728. The Kier molecular flexibility index (Phi) is 7.01. The quantitative estimate of drug-likeness (QED) is 0.682. The molecule has 1 aliphatic heterocycles. The van der Waals surface area contributed by atoms with Gasteiger partial charge in [-0.2, -0.15) is 0 Å². The van der Waals surface area contributed by atoms with E-state index in [-0.39, 0.29) is 0 Å². The fraction of sp³-hybridized carbons (Fsp3) is 1.00. The van der Waals surface area contributed by atoms with Gasteiger partial charge in [0.25, 0.3) is 0 Å². The van der Waals surface area contributed by atoms with Crippen LogP contribution in [0.2, 0.25) is 0 Å². The van der Waals surface area contributed by atoms with Crippen molar-refractivity contribution in [3.63, 3.8) is 0 Å². The van der Waals surface area contributed by atoms with Crippen molar-refractivity contribution in [2.75, 3.05) is 39.3 Å². The highest BCUT2D eigenvalue weighted by molar-refractivity contribution is 4.73. The fourth-order valence-electron chi connectivity index (χ4n) is 2.72. The Hall–Kier alpha value is -0.120. The number of hydrogen-bond acceptors (Lipinski definition) is 3. The third-order valence-electron chi connectivity index (χ3n) is 3.78. The fourth-order valence-corrected chi connectivity index (χ4v) is 2.72. The summed E-state index contributed by atoms with van der Waals surface area (Å²) in [5.41, 5.74) is 5.71. The van der Waals surface area contributed by atoms with Crippen LogP contribution in [-0.4, -0.2) is 55.1 Å². The van der Waals surface area contributed by atoms with Gasteiger partial charge in [-0.15, -0.1) is 0 Å². The van der Waals surface area contributed by atoms with Gasteiger partial charge in [-0.05, 0) is 38.8 Å². The molecule has 0 bridgehead atoms. The Morgan fingerprint density at radius 3 is 2.25 bits per heavy atom. The van der Waals surface area contributed by atoms with Crippen LogP contribution < -0.4 is 5.73 Å². The molecule has 16 heavy (non-hydrogen) atoms. The molecule has 0 spiro atoms. The maximum atomic E-state index is 5.71. The molecule has 3 heteroatoms. The summed E-state index contributed by atoms with van der Waals surface area (Å²) < 4.78 is 0. The first-order valence-electron chi connectivity index (χ1n) is 6.98. The molecule has 1 rings (SSSR count). The zero-order chi connectivity index (χ0) is 11.8. The second-order valence-electron chi connectivity index (χ2n) is 4.84. The van der Waals surface area contributed by atoms with E-state index in [0.717, 1.165) is 19.1 Å². The first-order chi connectivity index (χ1) is 7.81. The van der Waals surface area contributed by atoms with E-state index in [1.165, 1.54) is 51.9 Å². The molecular formula is C13H29N3. The van der Waals surface area contributed by atoms with Gasteiger partial charge in [-0.1, -0.05) is 13.8 Å². The molecule has 96 valence electrons. The zero-order valence-electron chi connectivity index (χ0n) is 11.1. The minimum absolute atomic E-state index is 0.728. The van der Waals surface area contributed by atoms with Crippen LogP contribution in [0.1, 0.15) is 39.5 Å². The third-order valence-corrected chi connectivity index (χ3v) is 3.78. The van der Waals surface area contributed by atoms with Crippen LogP contribution >= 0.6 is 0 Å². The average Bonchev–Trinajstić information content (AvgIpc) is 2.80. The molecule has 0 radical (unpaired) electrons. The SMILES string of the molecule is CCC(CC)N(CCN)CCN1CCCC1. The lowest BCUT2D eigenvalue weighted by atomic mass is 10.1. The Morgan fingerprint density at radius 2 is 1.75 bits per heavy atom. The summed E-state index contributed by atoms with van der Waals surface area (Å²) in [6.07, 6.45) is 5.27. The zero-order valence-corrected chi connectivity index (χ0v) is 11.1. The topological polar surface area (TPSA) is 32.5 Å². The molecule has 3 nitrogen and oxygen atoms in total. The molecule has 1 fully saturated rings. The largest absolute Gasteiger partial charge is 0.329 e. The lowest BCUT2D eigenvalue weighted by Crippen LogP contribution is -2.42. The summed E-state index contributed by atoms with van der Waals surface area (Å²) in [5.74, 6) is 0. The summed E-state index contributed by atoms with van der Waals surface area (Å²) in [6.45, 7) is 11.5. The van der Waals surface area contributed by atoms with E-state index in [1.807, 2.05) is 0 Å². The van der Waals surface area contributed by atoms with Crippen molar-refractivity contribution in [2.45, 2.75) is 45.6 Å². The van der Waals surface area contributed by atoms with E-state index in [0.29, 0.717) is 0 Å². The smallest absolute Gasteiger partial charge is 0.0113 e. The van der Waals surface area contributed by atoms with Gasteiger partial charge >= 0.3 is 0 Å². The Labute approximate surface area is 101 Å². The lowest BCUT2D eigenvalue weighted by Gasteiger charge is -2.31. The molecule has 0 aromatic heterocycles. The van der Waals surface area contributed by atoms with Gasteiger partial charge in [0.2, 0.25) is 0 Å². The summed E-state index contributed by atoms with van der Waals surface area (Å²) in [4.78, 5) is 5.17. The van der Waals surface area contributed by atoms with Gasteiger partial charge in [0.15, 0.2) is 0 Å². The number of rotatable bonds is 8. The minimum Gasteiger partial charge on any atom is -0.329 e. The Bertz CT molecular complexity index is 163.